The van der Waals surface area contributed by atoms with Gasteiger partial charge in [-0.05, 0) is 41.0 Å². The number of rotatable bonds is 5. The fourth-order valence-electron chi connectivity index (χ4n) is 1.75. The van der Waals surface area contributed by atoms with Crippen LogP contribution in [-0.4, -0.2) is 13.2 Å². The Bertz CT molecular complexity index is 375. The molecule has 2 rings (SSSR count). The van der Waals surface area contributed by atoms with E-state index >= 15 is 0 Å². The second-order valence-electron chi connectivity index (χ2n) is 3.80. The molecule has 0 amide bonds. The zero-order valence-electron chi connectivity index (χ0n) is 9.33. The van der Waals surface area contributed by atoms with Crippen LogP contribution in [0.3, 0.4) is 0 Å². The van der Waals surface area contributed by atoms with Gasteiger partial charge in [0.05, 0.1) is 12.6 Å². The van der Waals surface area contributed by atoms with E-state index in [0.29, 0.717) is 0 Å². The fourth-order valence-corrected chi connectivity index (χ4v) is 3.27. The van der Waals surface area contributed by atoms with Crippen molar-refractivity contribution in [1.82, 2.24) is 5.32 Å². The Kier molecular flexibility index (Phi) is 4.44. The summed E-state index contributed by atoms with van der Waals surface area (Å²) >= 11 is 5.26. The Hall–Kier alpha value is -0.320. The maximum atomic E-state index is 5.67. The Balaban J connectivity index is 2.13. The van der Waals surface area contributed by atoms with Crippen molar-refractivity contribution < 1.29 is 4.74 Å². The van der Waals surface area contributed by atoms with Gasteiger partial charge in [-0.2, -0.15) is 0 Å². The normalized spacial score (nSPS) is 17.0. The third-order valence-electron chi connectivity index (χ3n) is 2.49. The van der Waals surface area contributed by atoms with Gasteiger partial charge in [0, 0.05) is 21.2 Å². The first-order chi connectivity index (χ1) is 7.81. The summed E-state index contributed by atoms with van der Waals surface area (Å²) in [7, 11) is 0. The molecule has 4 heteroatoms. The molecular weight excluding hydrogens is 286 g/mol. The summed E-state index contributed by atoms with van der Waals surface area (Å²) in [5.74, 6) is 1.09. The maximum absolute atomic E-state index is 5.67. The van der Waals surface area contributed by atoms with Gasteiger partial charge in [-0.25, -0.2) is 0 Å². The molecular formula is C12H16BrNOS. The predicted octanol–water partition coefficient (Wildman–Crippen LogP) is 3.86. The summed E-state index contributed by atoms with van der Waals surface area (Å²) in [6.07, 6.45) is 4.36. The molecule has 16 heavy (non-hydrogen) atoms. The van der Waals surface area contributed by atoms with Crippen LogP contribution >= 0.6 is 27.3 Å². The number of hydrogen-bond donors (Lipinski definition) is 1. The number of ether oxygens (including phenoxy) is 1. The molecule has 1 aliphatic heterocycles. The molecule has 1 N–H and O–H groups in total. The number of hydrogen-bond acceptors (Lipinski definition) is 3. The minimum absolute atomic E-state index is 0.235. The van der Waals surface area contributed by atoms with Gasteiger partial charge < -0.3 is 10.1 Å². The summed E-state index contributed by atoms with van der Waals surface area (Å²) in [5.41, 5.74) is 0. The van der Waals surface area contributed by atoms with Crippen molar-refractivity contribution in [3.05, 3.63) is 32.6 Å². The van der Waals surface area contributed by atoms with E-state index in [9.17, 15) is 0 Å². The lowest BCUT2D eigenvalue weighted by Gasteiger charge is -2.18. The largest absolute Gasteiger partial charge is 0.496 e. The van der Waals surface area contributed by atoms with Crippen molar-refractivity contribution in [2.24, 2.45) is 0 Å². The molecule has 1 aromatic rings. The molecule has 0 radical (unpaired) electrons. The van der Waals surface area contributed by atoms with Gasteiger partial charge >= 0.3 is 0 Å². The number of halogens is 1. The van der Waals surface area contributed by atoms with Gasteiger partial charge in [0.2, 0.25) is 0 Å². The van der Waals surface area contributed by atoms with E-state index in [0.717, 1.165) is 36.2 Å². The summed E-state index contributed by atoms with van der Waals surface area (Å²) in [6.45, 7) is 4.02. The second-order valence-corrected chi connectivity index (χ2v) is 5.66. The molecule has 0 bridgehead atoms. The summed E-state index contributed by atoms with van der Waals surface area (Å²) in [4.78, 5) is 1.31. The van der Waals surface area contributed by atoms with Gasteiger partial charge in [-0.15, -0.1) is 11.3 Å². The Labute approximate surface area is 109 Å². The van der Waals surface area contributed by atoms with Crippen molar-refractivity contribution in [3.63, 3.8) is 0 Å². The standard InChI is InChI=1S/C12H16BrNOS/c1-2-5-14-12(10-4-3-6-15-10)11-7-9(13)8-16-11/h4,7-8,12,14H,2-3,5-6H2,1H3. The van der Waals surface area contributed by atoms with Crippen LogP contribution in [0.2, 0.25) is 0 Å². The molecule has 88 valence electrons. The van der Waals surface area contributed by atoms with Crippen molar-refractivity contribution in [3.8, 4) is 0 Å². The SMILES string of the molecule is CCCNC(C1=CCCO1)c1cc(Br)cs1. The first kappa shape index (κ1) is 12.1. The lowest BCUT2D eigenvalue weighted by atomic mass is 10.2. The topological polar surface area (TPSA) is 21.3 Å². The Morgan fingerprint density at radius 1 is 1.62 bits per heavy atom. The van der Waals surface area contributed by atoms with E-state index in [1.807, 2.05) is 0 Å². The van der Waals surface area contributed by atoms with E-state index in [1.54, 1.807) is 11.3 Å². The highest BCUT2D eigenvalue weighted by Crippen LogP contribution is 2.32. The van der Waals surface area contributed by atoms with E-state index in [2.05, 4.69) is 45.7 Å². The quantitative estimate of drug-likeness (QED) is 0.892. The first-order valence-electron chi connectivity index (χ1n) is 5.61. The number of nitrogens with one attached hydrogen (secondary N) is 1. The van der Waals surface area contributed by atoms with Gasteiger partial charge in [0.15, 0.2) is 0 Å². The van der Waals surface area contributed by atoms with Crippen LogP contribution in [0.25, 0.3) is 0 Å². The third kappa shape index (κ3) is 2.87. The van der Waals surface area contributed by atoms with Crippen LogP contribution in [0, 0.1) is 0 Å². The van der Waals surface area contributed by atoms with Crippen LogP contribution in [0.4, 0.5) is 0 Å². The molecule has 0 fully saturated rings. The number of thiophene rings is 1. The summed E-state index contributed by atoms with van der Waals surface area (Å²) in [5, 5.41) is 5.65. The molecule has 0 saturated heterocycles. The summed E-state index contributed by atoms with van der Waals surface area (Å²) < 4.78 is 6.81. The van der Waals surface area contributed by atoms with Crippen molar-refractivity contribution in [2.75, 3.05) is 13.2 Å². The highest BCUT2D eigenvalue weighted by atomic mass is 79.9. The van der Waals surface area contributed by atoms with Gasteiger partial charge in [0.1, 0.15) is 5.76 Å². The minimum Gasteiger partial charge on any atom is -0.496 e. The van der Waals surface area contributed by atoms with Crippen molar-refractivity contribution in [2.45, 2.75) is 25.8 Å². The van der Waals surface area contributed by atoms with Crippen molar-refractivity contribution in [1.29, 1.82) is 0 Å². The maximum Gasteiger partial charge on any atom is 0.114 e. The zero-order chi connectivity index (χ0) is 11.4. The summed E-state index contributed by atoms with van der Waals surface area (Å²) in [6, 6.07) is 2.40. The average Bonchev–Trinajstić information content (AvgIpc) is 2.91. The lowest BCUT2D eigenvalue weighted by molar-refractivity contribution is 0.216. The molecule has 1 aromatic heterocycles. The smallest absolute Gasteiger partial charge is 0.114 e. The molecule has 0 aliphatic carbocycles. The second kappa shape index (κ2) is 5.84. The molecule has 0 saturated carbocycles. The highest BCUT2D eigenvalue weighted by molar-refractivity contribution is 9.10. The van der Waals surface area contributed by atoms with Crippen LogP contribution in [0.1, 0.15) is 30.7 Å². The zero-order valence-corrected chi connectivity index (χ0v) is 11.7. The van der Waals surface area contributed by atoms with Gasteiger partial charge in [-0.1, -0.05) is 6.92 Å². The van der Waals surface area contributed by atoms with Crippen LogP contribution in [-0.2, 0) is 4.74 Å². The van der Waals surface area contributed by atoms with E-state index in [4.69, 9.17) is 4.74 Å². The van der Waals surface area contributed by atoms with Crippen LogP contribution < -0.4 is 5.32 Å². The molecule has 1 aliphatic rings. The molecule has 1 unspecified atom stereocenters. The lowest BCUT2D eigenvalue weighted by Crippen LogP contribution is -2.23. The minimum atomic E-state index is 0.235. The van der Waals surface area contributed by atoms with E-state index < -0.39 is 0 Å². The highest BCUT2D eigenvalue weighted by Gasteiger charge is 2.21. The fraction of sp³-hybridized carbons (Fsp3) is 0.500. The third-order valence-corrected chi connectivity index (χ3v) is 4.25. The average molecular weight is 302 g/mol. The Morgan fingerprint density at radius 3 is 3.06 bits per heavy atom. The first-order valence-corrected chi connectivity index (χ1v) is 7.28. The molecule has 2 nitrogen and oxygen atoms in total. The van der Waals surface area contributed by atoms with E-state index in [1.165, 1.54) is 4.88 Å². The van der Waals surface area contributed by atoms with Gasteiger partial charge in [-0.3, -0.25) is 0 Å². The van der Waals surface area contributed by atoms with Crippen molar-refractivity contribution >= 4 is 27.3 Å². The van der Waals surface area contributed by atoms with E-state index in [-0.39, 0.29) is 6.04 Å². The van der Waals surface area contributed by atoms with Crippen LogP contribution in [0.5, 0.6) is 0 Å². The van der Waals surface area contributed by atoms with Crippen LogP contribution in [0.15, 0.2) is 27.8 Å². The van der Waals surface area contributed by atoms with Gasteiger partial charge in [0.25, 0.3) is 0 Å². The molecule has 0 spiro atoms. The predicted molar refractivity (Wildman–Crippen MR) is 71.7 cm³/mol. The Morgan fingerprint density at radius 2 is 2.50 bits per heavy atom. The monoisotopic (exact) mass is 301 g/mol. The molecule has 0 aromatic carbocycles. The molecule has 2 heterocycles. The molecule has 1 atom stereocenters.